The van der Waals surface area contributed by atoms with Gasteiger partial charge in [-0.3, -0.25) is 5.41 Å². The topological polar surface area (TPSA) is 62.5 Å². The maximum absolute atomic E-state index is 12.1. The van der Waals surface area contributed by atoms with E-state index in [1.807, 2.05) is 0 Å². The van der Waals surface area contributed by atoms with Crippen molar-refractivity contribution in [3.8, 4) is 5.75 Å². The van der Waals surface area contributed by atoms with Crippen molar-refractivity contribution < 1.29 is 23.4 Å². The average Bonchev–Trinajstić information content (AvgIpc) is 2.26. The Bertz CT molecular complexity index is 429. The number of hydrogen-bond donors (Lipinski definition) is 2. The Morgan fingerprint density at radius 2 is 2.11 bits per heavy atom. The standard InChI is InChI=1S/C11H12ClF2NO3/c1-2-17-10(15)9(16)6-3-7(12)5-8(4-6)18-11(13)14/h3-5,9,11,15-16H,2H2,1H3/t9-/m0/s1. The van der Waals surface area contributed by atoms with Crippen molar-refractivity contribution in [1.82, 2.24) is 0 Å². The monoisotopic (exact) mass is 279 g/mol. The lowest BCUT2D eigenvalue weighted by molar-refractivity contribution is -0.0499. The summed E-state index contributed by atoms with van der Waals surface area (Å²) in [7, 11) is 0. The molecule has 1 aromatic rings. The summed E-state index contributed by atoms with van der Waals surface area (Å²) in [4.78, 5) is 0. The van der Waals surface area contributed by atoms with E-state index in [1.165, 1.54) is 18.2 Å². The van der Waals surface area contributed by atoms with Crippen LogP contribution in [0.15, 0.2) is 18.2 Å². The van der Waals surface area contributed by atoms with Crippen LogP contribution in [0.25, 0.3) is 0 Å². The third-order valence-corrected chi connectivity index (χ3v) is 2.20. The smallest absolute Gasteiger partial charge is 0.387 e. The number of aliphatic hydroxyl groups excluding tert-OH is 1. The molecule has 0 radical (unpaired) electrons. The lowest BCUT2D eigenvalue weighted by atomic mass is 10.1. The normalized spacial score (nSPS) is 12.3. The Kier molecular flexibility index (Phi) is 5.30. The van der Waals surface area contributed by atoms with Crippen molar-refractivity contribution in [2.24, 2.45) is 0 Å². The molecule has 1 atom stereocenters. The molecule has 7 heteroatoms. The summed E-state index contributed by atoms with van der Waals surface area (Å²) in [6.07, 6.45) is -1.37. The van der Waals surface area contributed by atoms with E-state index in [2.05, 4.69) is 4.74 Å². The van der Waals surface area contributed by atoms with Crippen molar-refractivity contribution in [2.75, 3.05) is 6.61 Å². The van der Waals surface area contributed by atoms with Gasteiger partial charge in [-0.25, -0.2) is 0 Å². The molecule has 0 unspecified atom stereocenters. The Morgan fingerprint density at radius 3 is 2.67 bits per heavy atom. The molecule has 0 heterocycles. The Balaban J connectivity index is 2.94. The van der Waals surface area contributed by atoms with Gasteiger partial charge in [-0.1, -0.05) is 11.6 Å². The van der Waals surface area contributed by atoms with E-state index in [0.29, 0.717) is 0 Å². The molecule has 0 saturated carbocycles. The van der Waals surface area contributed by atoms with E-state index in [0.717, 1.165) is 0 Å². The molecule has 0 aliphatic carbocycles. The Morgan fingerprint density at radius 1 is 1.44 bits per heavy atom. The summed E-state index contributed by atoms with van der Waals surface area (Å²) in [5, 5.41) is 17.3. The second-order valence-electron chi connectivity index (χ2n) is 3.30. The van der Waals surface area contributed by atoms with E-state index in [-0.39, 0.29) is 28.8 Å². The van der Waals surface area contributed by atoms with Gasteiger partial charge in [0.05, 0.1) is 6.61 Å². The van der Waals surface area contributed by atoms with Gasteiger partial charge in [0.2, 0.25) is 5.90 Å². The van der Waals surface area contributed by atoms with Crippen LogP contribution < -0.4 is 4.74 Å². The fraction of sp³-hybridized carbons (Fsp3) is 0.364. The fourth-order valence-electron chi connectivity index (χ4n) is 1.30. The van der Waals surface area contributed by atoms with Crippen molar-refractivity contribution in [3.05, 3.63) is 28.8 Å². The van der Waals surface area contributed by atoms with Crippen LogP contribution >= 0.6 is 11.6 Å². The second kappa shape index (κ2) is 6.51. The number of halogens is 3. The molecule has 1 rings (SSSR count). The predicted octanol–water partition coefficient (Wildman–Crippen LogP) is 2.99. The predicted molar refractivity (Wildman–Crippen MR) is 62.4 cm³/mol. The summed E-state index contributed by atoms with van der Waals surface area (Å²) in [5.41, 5.74) is 0.150. The zero-order valence-electron chi connectivity index (χ0n) is 9.49. The first-order valence-corrected chi connectivity index (χ1v) is 5.46. The number of nitrogens with one attached hydrogen (secondary N) is 1. The minimum absolute atomic E-state index is 0.117. The highest BCUT2D eigenvalue weighted by Crippen LogP contribution is 2.26. The van der Waals surface area contributed by atoms with E-state index >= 15 is 0 Å². The third-order valence-electron chi connectivity index (χ3n) is 1.98. The molecular weight excluding hydrogens is 268 g/mol. The van der Waals surface area contributed by atoms with Crippen LogP contribution in [0.4, 0.5) is 8.78 Å². The minimum atomic E-state index is -2.99. The fourth-order valence-corrected chi connectivity index (χ4v) is 1.53. The quantitative estimate of drug-likeness (QED) is 0.643. The number of alkyl halides is 2. The molecule has 0 aliphatic heterocycles. The van der Waals surface area contributed by atoms with Crippen LogP contribution in [0.5, 0.6) is 5.75 Å². The maximum atomic E-state index is 12.1. The molecule has 0 aliphatic rings. The minimum Gasteiger partial charge on any atom is -0.479 e. The van der Waals surface area contributed by atoms with Crippen LogP contribution in [-0.4, -0.2) is 24.2 Å². The van der Waals surface area contributed by atoms with Gasteiger partial charge in [-0.05, 0) is 30.7 Å². The summed E-state index contributed by atoms with van der Waals surface area (Å²) < 4.78 is 33.1. The molecule has 18 heavy (non-hydrogen) atoms. The van der Waals surface area contributed by atoms with E-state index < -0.39 is 12.7 Å². The first kappa shape index (κ1) is 14.7. The molecule has 100 valence electrons. The van der Waals surface area contributed by atoms with Crippen molar-refractivity contribution in [3.63, 3.8) is 0 Å². The first-order chi connectivity index (χ1) is 8.43. The van der Waals surface area contributed by atoms with Gasteiger partial charge in [0, 0.05) is 5.02 Å². The average molecular weight is 280 g/mol. The van der Waals surface area contributed by atoms with Crippen LogP contribution in [0.2, 0.25) is 5.02 Å². The first-order valence-electron chi connectivity index (χ1n) is 5.08. The second-order valence-corrected chi connectivity index (χ2v) is 3.74. The summed E-state index contributed by atoms with van der Waals surface area (Å²) in [6.45, 7) is -1.11. The zero-order valence-corrected chi connectivity index (χ0v) is 10.2. The van der Waals surface area contributed by atoms with E-state index in [1.54, 1.807) is 6.92 Å². The molecule has 4 nitrogen and oxygen atoms in total. The summed E-state index contributed by atoms with van der Waals surface area (Å²) in [6, 6.07) is 3.71. The van der Waals surface area contributed by atoms with Gasteiger partial charge in [-0.15, -0.1) is 0 Å². The zero-order chi connectivity index (χ0) is 13.7. The van der Waals surface area contributed by atoms with Gasteiger partial charge in [-0.2, -0.15) is 8.78 Å². The molecular formula is C11H12ClF2NO3. The van der Waals surface area contributed by atoms with Gasteiger partial charge < -0.3 is 14.6 Å². The Hall–Kier alpha value is -1.40. The van der Waals surface area contributed by atoms with Crippen molar-refractivity contribution >= 4 is 17.5 Å². The molecule has 0 amide bonds. The van der Waals surface area contributed by atoms with E-state index in [4.69, 9.17) is 21.7 Å². The molecule has 0 spiro atoms. The van der Waals surface area contributed by atoms with Crippen molar-refractivity contribution in [1.29, 1.82) is 5.41 Å². The highest BCUT2D eigenvalue weighted by Gasteiger charge is 2.17. The number of aliphatic hydroxyl groups is 1. The van der Waals surface area contributed by atoms with Gasteiger partial charge in [0.25, 0.3) is 0 Å². The molecule has 0 bridgehead atoms. The maximum Gasteiger partial charge on any atom is 0.387 e. The molecule has 0 aromatic heterocycles. The SMILES string of the molecule is CCOC(=N)[C@@H](O)c1cc(Cl)cc(OC(F)F)c1. The molecule has 1 aromatic carbocycles. The van der Waals surface area contributed by atoms with Gasteiger partial charge in [0.15, 0.2) is 6.10 Å². The number of benzene rings is 1. The van der Waals surface area contributed by atoms with Crippen LogP contribution in [0.1, 0.15) is 18.6 Å². The van der Waals surface area contributed by atoms with Crippen LogP contribution in [-0.2, 0) is 4.74 Å². The van der Waals surface area contributed by atoms with Gasteiger partial charge in [0.1, 0.15) is 5.75 Å². The lowest BCUT2D eigenvalue weighted by Crippen LogP contribution is -2.15. The molecule has 2 N–H and O–H groups in total. The highest BCUT2D eigenvalue weighted by atomic mass is 35.5. The molecule has 0 saturated heterocycles. The number of hydrogen-bond acceptors (Lipinski definition) is 4. The van der Waals surface area contributed by atoms with Gasteiger partial charge >= 0.3 is 6.61 Å². The Labute approximate surface area is 108 Å². The summed E-state index contributed by atoms with van der Waals surface area (Å²) in [5.74, 6) is -0.571. The van der Waals surface area contributed by atoms with Crippen LogP contribution in [0, 0.1) is 5.41 Å². The van der Waals surface area contributed by atoms with E-state index in [9.17, 15) is 13.9 Å². The third kappa shape index (κ3) is 4.12. The largest absolute Gasteiger partial charge is 0.479 e. The lowest BCUT2D eigenvalue weighted by Gasteiger charge is -2.14. The number of ether oxygens (including phenoxy) is 2. The van der Waals surface area contributed by atoms with Crippen LogP contribution in [0.3, 0.4) is 0 Å². The highest BCUT2D eigenvalue weighted by molar-refractivity contribution is 6.30. The number of rotatable bonds is 5. The molecule has 0 fully saturated rings. The van der Waals surface area contributed by atoms with Crippen molar-refractivity contribution in [2.45, 2.75) is 19.6 Å². The summed E-state index contributed by atoms with van der Waals surface area (Å²) >= 11 is 5.71.